The van der Waals surface area contributed by atoms with E-state index in [-0.39, 0.29) is 23.5 Å². The molecule has 116 valence electrons. The topological polar surface area (TPSA) is 89.4 Å². The summed E-state index contributed by atoms with van der Waals surface area (Å²) in [6.07, 6.45) is 1.29. The van der Waals surface area contributed by atoms with E-state index < -0.39 is 0 Å². The summed E-state index contributed by atoms with van der Waals surface area (Å²) in [6, 6.07) is 7.51. The van der Waals surface area contributed by atoms with E-state index in [2.05, 4.69) is 4.98 Å². The lowest BCUT2D eigenvalue weighted by Crippen LogP contribution is -2.42. The smallest absolute Gasteiger partial charge is 0.257 e. The monoisotopic (exact) mass is 319 g/mol. The summed E-state index contributed by atoms with van der Waals surface area (Å²) < 4.78 is 5.57. The van der Waals surface area contributed by atoms with E-state index in [4.69, 9.17) is 10.2 Å². The molecule has 6 nitrogen and oxygen atoms in total. The molecule has 0 bridgehead atoms. The number of thioether (sulfide) groups is 1. The van der Waals surface area contributed by atoms with E-state index >= 15 is 0 Å². The average Bonchev–Trinajstić information content (AvgIpc) is 2.95. The molecule has 2 N–H and O–H groups in total. The van der Waals surface area contributed by atoms with E-state index in [1.54, 1.807) is 4.90 Å². The first-order valence-electron chi connectivity index (χ1n) is 7.19. The van der Waals surface area contributed by atoms with Crippen molar-refractivity contribution in [1.82, 2.24) is 9.88 Å². The molecule has 2 amide bonds. The molecular weight excluding hydrogens is 302 g/mol. The molecule has 1 saturated heterocycles. The van der Waals surface area contributed by atoms with Gasteiger partial charge in [0, 0.05) is 19.0 Å². The number of likely N-dealkylation sites (tertiary alicyclic amines) is 1. The van der Waals surface area contributed by atoms with Crippen molar-refractivity contribution in [2.24, 2.45) is 11.7 Å². The Morgan fingerprint density at radius 2 is 2.05 bits per heavy atom. The van der Waals surface area contributed by atoms with Gasteiger partial charge in [-0.25, -0.2) is 4.98 Å². The maximum Gasteiger partial charge on any atom is 0.257 e. The second-order valence-corrected chi connectivity index (χ2v) is 6.22. The van der Waals surface area contributed by atoms with Crippen molar-refractivity contribution in [3.05, 3.63) is 24.3 Å². The third-order valence-corrected chi connectivity index (χ3v) is 4.66. The Balaban J connectivity index is 1.53. The first kappa shape index (κ1) is 14.9. The first-order chi connectivity index (χ1) is 10.6. The van der Waals surface area contributed by atoms with Gasteiger partial charge in [0.15, 0.2) is 5.58 Å². The fourth-order valence-corrected chi connectivity index (χ4v) is 3.28. The number of carbonyl (C=O) groups excluding carboxylic acids is 2. The van der Waals surface area contributed by atoms with Gasteiger partial charge in [0.05, 0.1) is 5.75 Å². The molecule has 2 aromatic rings. The van der Waals surface area contributed by atoms with Crippen molar-refractivity contribution in [1.29, 1.82) is 0 Å². The van der Waals surface area contributed by atoms with E-state index in [9.17, 15) is 9.59 Å². The summed E-state index contributed by atoms with van der Waals surface area (Å²) in [5.74, 6) is -0.0505. The van der Waals surface area contributed by atoms with Crippen LogP contribution in [0, 0.1) is 5.92 Å². The molecule has 1 aromatic carbocycles. The Morgan fingerprint density at radius 3 is 2.73 bits per heavy atom. The highest BCUT2D eigenvalue weighted by Crippen LogP contribution is 2.24. The average molecular weight is 319 g/mol. The van der Waals surface area contributed by atoms with Crippen LogP contribution in [-0.2, 0) is 9.59 Å². The van der Waals surface area contributed by atoms with E-state index in [0.717, 1.165) is 11.1 Å². The van der Waals surface area contributed by atoms with Crippen LogP contribution in [0.2, 0.25) is 0 Å². The van der Waals surface area contributed by atoms with Gasteiger partial charge in [0.25, 0.3) is 5.22 Å². The van der Waals surface area contributed by atoms with Crippen LogP contribution in [0.4, 0.5) is 0 Å². The number of carbonyl (C=O) groups is 2. The third kappa shape index (κ3) is 3.24. The van der Waals surface area contributed by atoms with E-state index in [0.29, 0.717) is 31.2 Å². The second kappa shape index (κ2) is 6.39. The third-order valence-electron chi connectivity index (χ3n) is 3.84. The Bertz CT molecular complexity index is 659. The predicted octanol–water partition coefficient (Wildman–Crippen LogP) is 1.64. The van der Waals surface area contributed by atoms with Gasteiger partial charge in [-0.3, -0.25) is 9.59 Å². The molecule has 2 heterocycles. The lowest BCUT2D eigenvalue weighted by molar-refractivity contribution is -0.132. The van der Waals surface area contributed by atoms with Crippen LogP contribution in [-0.4, -0.2) is 40.5 Å². The van der Waals surface area contributed by atoms with E-state index in [1.165, 1.54) is 11.8 Å². The minimum atomic E-state index is -0.270. The number of primary amides is 1. The van der Waals surface area contributed by atoms with Crippen LogP contribution in [0.3, 0.4) is 0 Å². The second-order valence-electron chi connectivity index (χ2n) is 5.29. The predicted molar refractivity (Wildman–Crippen MR) is 83.2 cm³/mol. The number of amides is 2. The fraction of sp³-hybridized carbons (Fsp3) is 0.400. The summed E-state index contributed by atoms with van der Waals surface area (Å²) >= 11 is 1.29. The fourth-order valence-electron chi connectivity index (χ4n) is 2.54. The van der Waals surface area contributed by atoms with E-state index in [1.807, 2.05) is 24.3 Å². The van der Waals surface area contributed by atoms with Crippen molar-refractivity contribution < 1.29 is 14.0 Å². The summed E-state index contributed by atoms with van der Waals surface area (Å²) in [6.45, 7) is 1.17. The number of nitrogens with two attached hydrogens (primary N) is 1. The van der Waals surface area contributed by atoms with Crippen LogP contribution >= 0.6 is 11.8 Å². The van der Waals surface area contributed by atoms with Crippen molar-refractivity contribution in [3.8, 4) is 0 Å². The highest BCUT2D eigenvalue weighted by molar-refractivity contribution is 7.99. The SMILES string of the molecule is NC(=O)C1CCN(C(=O)CSc2nc3ccccc3o2)CC1. The summed E-state index contributed by atoms with van der Waals surface area (Å²) in [5.41, 5.74) is 6.81. The number of benzene rings is 1. The molecular formula is C15H17N3O3S. The molecule has 0 spiro atoms. The number of aromatic nitrogens is 1. The molecule has 0 radical (unpaired) electrons. The molecule has 1 fully saturated rings. The van der Waals surface area contributed by atoms with Crippen molar-refractivity contribution in [3.63, 3.8) is 0 Å². The molecule has 7 heteroatoms. The Morgan fingerprint density at radius 1 is 1.32 bits per heavy atom. The molecule has 3 rings (SSSR count). The number of para-hydroxylation sites is 2. The van der Waals surface area contributed by atoms with Crippen LogP contribution in [0.15, 0.2) is 33.9 Å². The molecule has 0 saturated carbocycles. The number of piperidine rings is 1. The number of rotatable bonds is 4. The highest BCUT2D eigenvalue weighted by atomic mass is 32.2. The van der Waals surface area contributed by atoms with Gasteiger partial charge in [-0.2, -0.15) is 0 Å². The maximum atomic E-state index is 12.2. The van der Waals surface area contributed by atoms with Gasteiger partial charge < -0.3 is 15.1 Å². The lowest BCUT2D eigenvalue weighted by Gasteiger charge is -2.30. The van der Waals surface area contributed by atoms with Crippen molar-refractivity contribution in [2.45, 2.75) is 18.1 Å². The van der Waals surface area contributed by atoms with Crippen molar-refractivity contribution >= 4 is 34.7 Å². The largest absolute Gasteiger partial charge is 0.431 e. The molecule has 22 heavy (non-hydrogen) atoms. The number of hydrogen-bond acceptors (Lipinski definition) is 5. The molecule has 0 unspecified atom stereocenters. The van der Waals surface area contributed by atoms with Crippen LogP contribution in [0.5, 0.6) is 0 Å². The quantitative estimate of drug-likeness (QED) is 0.865. The van der Waals surface area contributed by atoms with Gasteiger partial charge in [-0.1, -0.05) is 23.9 Å². The van der Waals surface area contributed by atoms with Gasteiger partial charge in [-0.15, -0.1) is 0 Å². The number of hydrogen-bond donors (Lipinski definition) is 1. The van der Waals surface area contributed by atoms with Crippen LogP contribution < -0.4 is 5.73 Å². The standard InChI is InChI=1S/C15H17N3O3S/c16-14(20)10-5-7-18(8-6-10)13(19)9-22-15-17-11-3-1-2-4-12(11)21-15/h1-4,10H,5-9H2,(H2,16,20). The Hall–Kier alpha value is -2.02. The van der Waals surface area contributed by atoms with Gasteiger partial charge in [0.2, 0.25) is 11.8 Å². The zero-order valence-corrected chi connectivity index (χ0v) is 12.8. The molecule has 1 aliphatic heterocycles. The first-order valence-corrected chi connectivity index (χ1v) is 8.17. The number of oxazole rings is 1. The normalized spacial score (nSPS) is 16.1. The van der Waals surface area contributed by atoms with Crippen LogP contribution in [0.1, 0.15) is 12.8 Å². The van der Waals surface area contributed by atoms with Gasteiger partial charge >= 0.3 is 0 Å². The zero-order valence-electron chi connectivity index (χ0n) is 12.0. The summed E-state index contributed by atoms with van der Waals surface area (Å²) in [7, 11) is 0. The molecule has 0 atom stereocenters. The van der Waals surface area contributed by atoms with Crippen molar-refractivity contribution in [2.75, 3.05) is 18.8 Å². The van der Waals surface area contributed by atoms with Crippen LogP contribution in [0.25, 0.3) is 11.1 Å². The highest BCUT2D eigenvalue weighted by Gasteiger charge is 2.26. The summed E-state index contributed by atoms with van der Waals surface area (Å²) in [5, 5.41) is 0.501. The molecule has 1 aliphatic rings. The molecule has 1 aromatic heterocycles. The van der Waals surface area contributed by atoms with Gasteiger partial charge in [-0.05, 0) is 25.0 Å². The maximum absolute atomic E-state index is 12.2. The van der Waals surface area contributed by atoms with Gasteiger partial charge in [0.1, 0.15) is 5.52 Å². The lowest BCUT2D eigenvalue weighted by atomic mass is 9.96. The zero-order chi connectivity index (χ0) is 15.5. The number of nitrogens with zero attached hydrogens (tertiary/aromatic N) is 2. The Labute approximate surface area is 132 Å². The molecule has 0 aliphatic carbocycles. The summed E-state index contributed by atoms with van der Waals surface area (Å²) in [4.78, 5) is 29.4. The number of fused-ring (bicyclic) bond motifs is 1. The Kier molecular flexibility index (Phi) is 4.33. The minimum absolute atomic E-state index is 0.0372. The minimum Gasteiger partial charge on any atom is -0.431 e.